The molecule has 0 N–H and O–H groups in total. The van der Waals surface area contributed by atoms with E-state index < -0.39 is 5.41 Å². The SMILES string of the molecule is c1ccc(-c2cc(-c3ccccc3)nc(-c3ccc4c(c3)C3(c5ccccc5N(c5ccccc5)c5ccccc53)c3c-4c4ccccc4c4ccccc34)c2)cc1. The third kappa shape index (κ3) is 4.63. The maximum atomic E-state index is 5.44. The maximum Gasteiger partial charge on any atom is 0.0760 e. The van der Waals surface area contributed by atoms with Crippen molar-refractivity contribution in [2.75, 3.05) is 4.90 Å². The van der Waals surface area contributed by atoms with Gasteiger partial charge in [0.15, 0.2) is 0 Å². The number of nitrogens with zero attached hydrogens (tertiary/aromatic N) is 2. The second kappa shape index (κ2) is 12.7. The summed E-state index contributed by atoms with van der Waals surface area (Å²) >= 11 is 0. The lowest BCUT2D eigenvalue weighted by Gasteiger charge is -2.45. The largest absolute Gasteiger partial charge is 0.310 e. The van der Waals surface area contributed by atoms with E-state index in [1.54, 1.807) is 0 Å². The molecule has 0 bridgehead atoms. The Hall–Kier alpha value is -7.55. The fraction of sp³-hybridized carbons (Fsp3) is 0.0179. The molecule has 2 heterocycles. The van der Waals surface area contributed by atoms with Crippen LogP contribution in [-0.2, 0) is 5.41 Å². The molecular formula is C56H36N2. The zero-order valence-electron chi connectivity index (χ0n) is 31.7. The van der Waals surface area contributed by atoms with Gasteiger partial charge in [-0.25, -0.2) is 4.98 Å². The molecule has 1 spiro atoms. The number of fused-ring (bicyclic) bond motifs is 14. The van der Waals surface area contributed by atoms with Crippen LogP contribution in [0.15, 0.2) is 218 Å². The second-order valence-electron chi connectivity index (χ2n) is 15.4. The molecule has 0 atom stereocenters. The quantitative estimate of drug-likeness (QED) is 0.167. The molecule has 0 radical (unpaired) electrons. The number of pyridine rings is 1. The summed E-state index contributed by atoms with van der Waals surface area (Å²) in [5.41, 5.74) is 17.0. The Morgan fingerprint density at radius 3 is 1.50 bits per heavy atom. The Labute approximate surface area is 338 Å². The van der Waals surface area contributed by atoms with E-state index in [4.69, 9.17) is 4.98 Å². The predicted octanol–water partition coefficient (Wildman–Crippen LogP) is 14.5. The number of hydrogen-bond donors (Lipinski definition) is 0. The van der Waals surface area contributed by atoms with E-state index in [0.717, 1.165) is 33.8 Å². The van der Waals surface area contributed by atoms with Gasteiger partial charge in [0.25, 0.3) is 0 Å². The minimum Gasteiger partial charge on any atom is -0.310 e. The van der Waals surface area contributed by atoms with Crippen molar-refractivity contribution in [2.24, 2.45) is 0 Å². The van der Waals surface area contributed by atoms with Gasteiger partial charge in [-0.3, -0.25) is 0 Å². The van der Waals surface area contributed by atoms with Crippen LogP contribution in [0.3, 0.4) is 0 Å². The lowest BCUT2D eigenvalue weighted by Crippen LogP contribution is -2.36. The van der Waals surface area contributed by atoms with Crippen LogP contribution in [0.25, 0.3) is 66.3 Å². The van der Waals surface area contributed by atoms with Gasteiger partial charge in [0.05, 0.1) is 28.2 Å². The van der Waals surface area contributed by atoms with Gasteiger partial charge < -0.3 is 4.90 Å². The second-order valence-corrected chi connectivity index (χ2v) is 15.4. The molecule has 0 amide bonds. The third-order valence-electron chi connectivity index (χ3n) is 12.4. The first-order chi connectivity index (χ1) is 28.8. The molecule has 58 heavy (non-hydrogen) atoms. The Balaban J connectivity index is 1.22. The van der Waals surface area contributed by atoms with Gasteiger partial charge >= 0.3 is 0 Å². The summed E-state index contributed by atoms with van der Waals surface area (Å²) in [6, 6.07) is 79.9. The molecule has 12 rings (SSSR count). The van der Waals surface area contributed by atoms with Gasteiger partial charge in [0.1, 0.15) is 0 Å². The smallest absolute Gasteiger partial charge is 0.0760 e. The average molecular weight is 737 g/mol. The molecule has 1 aromatic heterocycles. The van der Waals surface area contributed by atoms with Crippen molar-refractivity contribution in [3.05, 3.63) is 241 Å². The molecule has 2 nitrogen and oxygen atoms in total. The number of anilines is 3. The number of hydrogen-bond acceptors (Lipinski definition) is 2. The van der Waals surface area contributed by atoms with Crippen molar-refractivity contribution < 1.29 is 0 Å². The van der Waals surface area contributed by atoms with Gasteiger partial charge in [0, 0.05) is 16.8 Å². The van der Waals surface area contributed by atoms with E-state index >= 15 is 0 Å². The van der Waals surface area contributed by atoms with Gasteiger partial charge in [-0.1, -0.05) is 176 Å². The zero-order valence-corrected chi connectivity index (χ0v) is 31.7. The number of benzene rings is 9. The number of aromatic nitrogens is 1. The highest BCUT2D eigenvalue weighted by Crippen LogP contribution is 2.66. The van der Waals surface area contributed by atoms with E-state index in [1.165, 1.54) is 71.9 Å². The van der Waals surface area contributed by atoms with Gasteiger partial charge in [0.2, 0.25) is 0 Å². The van der Waals surface area contributed by atoms with Crippen LogP contribution in [-0.4, -0.2) is 4.98 Å². The van der Waals surface area contributed by atoms with Gasteiger partial charge in [-0.05, 0) is 109 Å². The molecule has 1 aliphatic heterocycles. The van der Waals surface area contributed by atoms with Crippen LogP contribution in [0, 0.1) is 0 Å². The van der Waals surface area contributed by atoms with E-state index in [1.807, 2.05) is 0 Å². The highest BCUT2D eigenvalue weighted by atomic mass is 15.2. The first-order valence-electron chi connectivity index (χ1n) is 20.1. The van der Waals surface area contributed by atoms with Crippen LogP contribution < -0.4 is 4.90 Å². The summed E-state index contributed by atoms with van der Waals surface area (Å²) in [5.74, 6) is 0. The van der Waals surface area contributed by atoms with Crippen molar-refractivity contribution in [1.82, 2.24) is 4.98 Å². The molecule has 2 aliphatic rings. The van der Waals surface area contributed by atoms with Crippen LogP contribution >= 0.6 is 0 Å². The first-order valence-corrected chi connectivity index (χ1v) is 20.1. The highest BCUT2D eigenvalue weighted by molar-refractivity contribution is 6.20. The molecule has 0 unspecified atom stereocenters. The standard InChI is InChI=1S/C56H36N2/c1-4-18-37(19-5-1)40-35-50(38-20-6-2-7-21-38)57-51(36-40)39-32-33-46-49(34-39)56(55-45-27-13-11-25-43(45)42-24-10-12-26-44(42)54(46)55)47-28-14-16-30-52(47)58(41-22-8-3-9-23-41)53-31-17-15-29-48(53)56/h1-36H. The molecule has 10 aromatic rings. The molecule has 0 saturated carbocycles. The Morgan fingerprint density at radius 2 is 0.845 bits per heavy atom. The Bertz CT molecular complexity index is 3120. The van der Waals surface area contributed by atoms with E-state index in [-0.39, 0.29) is 0 Å². The summed E-state index contributed by atoms with van der Waals surface area (Å²) in [4.78, 5) is 7.90. The molecule has 0 fully saturated rings. The van der Waals surface area contributed by atoms with Crippen LogP contribution in [0.5, 0.6) is 0 Å². The minimum absolute atomic E-state index is 0.637. The van der Waals surface area contributed by atoms with Crippen molar-refractivity contribution in [2.45, 2.75) is 5.41 Å². The number of para-hydroxylation sites is 3. The summed E-state index contributed by atoms with van der Waals surface area (Å²) in [5, 5.41) is 5.10. The Morgan fingerprint density at radius 1 is 0.345 bits per heavy atom. The van der Waals surface area contributed by atoms with Crippen molar-refractivity contribution >= 4 is 38.6 Å². The zero-order chi connectivity index (χ0) is 38.2. The van der Waals surface area contributed by atoms with E-state index in [0.29, 0.717) is 0 Å². The maximum absolute atomic E-state index is 5.44. The molecule has 270 valence electrons. The normalized spacial score (nSPS) is 13.3. The monoisotopic (exact) mass is 736 g/mol. The predicted molar refractivity (Wildman–Crippen MR) is 241 cm³/mol. The topological polar surface area (TPSA) is 16.1 Å². The summed E-state index contributed by atoms with van der Waals surface area (Å²) in [6.07, 6.45) is 0. The van der Waals surface area contributed by atoms with Gasteiger partial charge in [-0.2, -0.15) is 0 Å². The average Bonchev–Trinajstić information content (AvgIpc) is 3.61. The Kier molecular flexibility index (Phi) is 7.18. The lowest BCUT2D eigenvalue weighted by atomic mass is 9.63. The molecular weight excluding hydrogens is 701 g/mol. The lowest BCUT2D eigenvalue weighted by molar-refractivity contribution is 0.759. The van der Waals surface area contributed by atoms with Gasteiger partial charge in [-0.15, -0.1) is 0 Å². The van der Waals surface area contributed by atoms with Crippen LogP contribution in [0.1, 0.15) is 22.3 Å². The molecule has 0 saturated heterocycles. The fourth-order valence-corrected chi connectivity index (χ4v) is 10.1. The van der Waals surface area contributed by atoms with Crippen molar-refractivity contribution in [1.29, 1.82) is 0 Å². The molecule has 9 aromatic carbocycles. The van der Waals surface area contributed by atoms with Crippen LogP contribution in [0.2, 0.25) is 0 Å². The first kappa shape index (κ1) is 32.7. The highest BCUT2D eigenvalue weighted by Gasteiger charge is 2.53. The fourth-order valence-electron chi connectivity index (χ4n) is 10.1. The van der Waals surface area contributed by atoms with E-state index in [9.17, 15) is 0 Å². The summed E-state index contributed by atoms with van der Waals surface area (Å²) < 4.78 is 0. The number of rotatable bonds is 4. The minimum atomic E-state index is -0.637. The molecule has 2 heteroatoms. The third-order valence-corrected chi connectivity index (χ3v) is 12.4. The molecule has 1 aliphatic carbocycles. The van der Waals surface area contributed by atoms with Crippen LogP contribution in [0.4, 0.5) is 17.1 Å². The van der Waals surface area contributed by atoms with Crippen molar-refractivity contribution in [3.8, 4) is 44.8 Å². The van der Waals surface area contributed by atoms with E-state index in [2.05, 4.69) is 223 Å². The summed E-state index contributed by atoms with van der Waals surface area (Å²) in [7, 11) is 0. The van der Waals surface area contributed by atoms with Crippen molar-refractivity contribution in [3.63, 3.8) is 0 Å². The summed E-state index contributed by atoms with van der Waals surface area (Å²) in [6.45, 7) is 0.